The fourth-order valence-corrected chi connectivity index (χ4v) is 2.61. The third-order valence-corrected chi connectivity index (χ3v) is 5.68. The molecule has 7 heteroatoms. The number of benzene rings is 2. The van der Waals surface area contributed by atoms with Crippen molar-refractivity contribution in [2.75, 3.05) is 10.0 Å². The highest BCUT2D eigenvalue weighted by Gasteiger charge is 2.28. The minimum Gasteiger partial charge on any atom is -0.322 e. The smallest absolute Gasteiger partial charge is 0.255 e. The molecule has 0 fully saturated rings. The van der Waals surface area contributed by atoms with Gasteiger partial charge in [0.05, 0.1) is 4.75 Å². The summed E-state index contributed by atoms with van der Waals surface area (Å²) in [4.78, 5) is 12.2. The highest BCUT2D eigenvalue weighted by atomic mass is 35.5. The first-order valence-electron chi connectivity index (χ1n) is 7.28. The number of rotatable bonds is 4. The first-order chi connectivity index (χ1) is 11.1. The number of sulfonamides is 1. The molecule has 2 aromatic carbocycles. The number of nitrogens with one attached hydrogen (secondary N) is 2. The molecule has 0 aliphatic rings. The predicted octanol–water partition coefficient (Wildman–Crippen LogP) is 4.13. The molecule has 0 aliphatic heterocycles. The molecular formula is C17H19ClN2O3S. The molecule has 0 spiro atoms. The predicted molar refractivity (Wildman–Crippen MR) is 98.1 cm³/mol. The molecule has 2 aromatic rings. The van der Waals surface area contributed by atoms with Crippen molar-refractivity contribution in [1.82, 2.24) is 0 Å². The maximum absolute atomic E-state index is 12.2. The van der Waals surface area contributed by atoms with Crippen molar-refractivity contribution < 1.29 is 13.2 Å². The lowest BCUT2D eigenvalue weighted by atomic mass is 10.2. The van der Waals surface area contributed by atoms with E-state index in [9.17, 15) is 13.2 Å². The zero-order valence-corrected chi connectivity index (χ0v) is 15.2. The highest BCUT2D eigenvalue weighted by molar-refractivity contribution is 7.94. The fraction of sp³-hybridized carbons (Fsp3) is 0.235. The van der Waals surface area contributed by atoms with Gasteiger partial charge in [-0.15, -0.1) is 0 Å². The summed E-state index contributed by atoms with van der Waals surface area (Å²) in [6.45, 7) is 4.84. The van der Waals surface area contributed by atoms with Gasteiger partial charge in [-0.25, -0.2) is 8.42 Å². The quantitative estimate of drug-likeness (QED) is 0.854. The van der Waals surface area contributed by atoms with E-state index in [1.807, 2.05) is 0 Å². The van der Waals surface area contributed by atoms with Gasteiger partial charge in [-0.3, -0.25) is 9.52 Å². The van der Waals surface area contributed by atoms with E-state index in [-0.39, 0.29) is 5.91 Å². The molecule has 128 valence electrons. The lowest BCUT2D eigenvalue weighted by Crippen LogP contribution is -2.33. The zero-order chi connectivity index (χ0) is 18.0. The van der Waals surface area contributed by atoms with Crippen LogP contribution >= 0.6 is 11.6 Å². The van der Waals surface area contributed by atoms with E-state index >= 15 is 0 Å². The molecule has 0 heterocycles. The SMILES string of the molecule is CC(C)(C)S(=O)(=O)Nc1ccc(C(=O)Nc2ccc(Cl)cc2)cc1. The van der Waals surface area contributed by atoms with Crippen LogP contribution in [0.2, 0.25) is 5.02 Å². The van der Waals surface area contributed by atoms with Gasteiger partial charge in [-0.1, -0.05) is 11.6 Å². The van der Waals surface area contributed by atoms with Crippen molar-refractivity contribution in [3.63, 3.8) is 0 Å². The van der Waals surface area contributed by atoms with E-state index < -0.39 is 14.8 Å². The zero-order valence-electron chi connectivity index (χ0n) is 13.6. The maximum atomic E-state index is 12.2. The lowest BCUT2D eigenvalue weighted by molar-refractivity contribution is 0.102. The van der Waals surface area contributed by atoms with Crippen molar-refractivity contribution in [1.29, 1.82) is 0 Å². The molecule has 2 N–H and O–H groups in total. The van der Waals surface area contributed by atoms with Crippen LogP contribution in [0, 0.1) is 0 Å². The third kappa shape index (κ3) is 4.49. The minimum atomic E-state index is -3.50. The second-order valence-corrected chi connectivity index (χ2v) is 9.13. The van der Waals surface area contributed by atoms with Crippen molar-refractivity contribution in [3.8, 4) is 0 Å². The van der Waals surface area contributed by atoms with E-state index in [4.69, 9.17) is 11.6 Å². The summed E-state index contributed by atoms with van der Waals surface area (Å²) in [6, 6.07) is 13.0. The van der Waals surface area contributed by atoms with Crippen LogP contribution in [0.15, 0.2) is 48.5 Å². The summed E-state index contributed by atoms with van der Waals surface area (Å²) < 4.78 is 25.8. The van der Waals surface area contributed by atoms with E-state index in [0.717, 1.165) is 0 Å². The average molecular weight is 367 g/mol. The molecule has 2 rings (SSSR count). The first-order valence-corrected chi connectivity index (χ1v) is 9.14. The molecule has 0 unspecified atom stereocenters. The normalized spacial score (nSPS) is 11.8. The largest absolute Gasteiger partial charge is 0.322 e. The Bertz CT molecular complexity index is 824. The monoisotopic (exact) mass is 366 g/mol. The van der Waals surface area contributed by atoms with Gasteiger partial charge in [0, 0.05) is 22.0 Å². The average Bonchev–Trinajstić information content (AvgIpc) is 2.49. The van der Waals surface area contributed by atoms with E-state index in [2.05, 4.69) is 10.0 Å². The van der Waals surface area contributed by atoms with Crippen molar-refractivity contribution >= 4 is 38.9 Å². The molecular weight excluding hydrogens is 348 g/mol. The fourth-order valence-electron chi connectivity index (χ4n) is 1.73. The van der Waals surface area contributed by atoms with Crippen LogP contribution in [-0.2, 0) is 10.0 Å². The van der Waals surface area contributed by atoms with Gasteiger partial charge in [-0.2, -0.15) is 0 Å². The molecule has 0 atom stereocenters. The van der Waals surface area contributed by atoms with Gasteiger partial charge in [0.1, 0.15) is 0 Å². The number of anilines is 2. The van der Waals surface area contributed by atoms with Gasteiger partial charge < -0.3 is 5.32 Å². The van der Waals surface area contributed by atoms with Crippen molar-refractivity contribution in [2.24, 2.45) is 0 Å². The van der Waals surface area contributed by atoms with E-state index in [1.165, 1.54) is 0 Å². The molecule has 24 heavy (non-hydrogen) atoms. The first kappa shape index (κ1) is 18.3. The second kappa shape index (κ2) is 6.83. The lowest BCUT2D eigenvalue weighted by Gasteiger charge is -2.20. The van der Waals surface area contributed by atoms with Crippen molar-refractivity contribution in [3.05, 3.63) is 59.1 Å². The number of hydrogen-bond acceptors (Lipinski definition) is 3. The van der Waals surface area contributed by atoms with Crippen LogP contribution in [0.3, 0.4) is 0 Å². The number of halogens is 1. The summed E-state index contributed by atoms with van der Waals surface area (Å²) in [5, 5.41) is 3.33. The topological polar surface area (TPSA) is 75.3 Å². The summed E-state index contributed by atoms with van der Waals surface area (Å²) in [5.41, 5.74) is 1.46. The Balaban J connectivity index is 2.09. The molecule has 0 saturated heterocycles. The molecule has 0 saturated carbocycles. The maximum Gasteiger partial charge on any atom is 0.255 e. The second-order valence-electron chi connectivity index (χ2n) is 6.26. The Morgan fingerprint density at radius 3 is 1.92 bits per heavy atom. The molecule has 5 nitrogen and oxygen atoms in total. The summed E-state index contributed by atoms with van der Waals surface area (Å²) >= 11 is 5.80. The molecule has 0 aromatic heterocycles. The Morgan fingerprint density at radius 2 is 1.42 bits per heavy atom. The van der Waals surface area contributed by atoms with Gasteiger partial charge in [0.25, 0.3) is 5.91 Å². The van der Waals surface area contributed by atoms with Crippen LogP contribution in [0.25, 0.3) is 0 Å². The van der Waals surface area contributed by atoms with Gasteiger partial charge in [-0.05, 0) is 69.3 Å². The number of hydrogen-bond donors (Lipinski definition) is 2. The summed E-state index contributed by atoms with van der Waals surface area (Å²) in [5.74, 6) is -0.289. The van der Waals surface area contributed by atoms with E-state index in [1.54, 1.807) is 69.3 Å². The molecule has 0 radical (unpaired) electrons. The Hall–Kier alpha value is -2.05. The standard InChI is InChI=1S/C17H19ClN2O3S/c1-17(2,3)24(22,23)20-15-8-4-12(5-9-15)16(21)19-14-10-6-13(18)7-11-14/h4-11,20H,1-3H3,(H,19,21). The van der Waals surface area contributed by atoms with Gasteiger partial charge in [0.2, 0.25) is 10.0 Å². The number of amides is 1. The third-order valence-electron chi connectivity index (χ3n) is 3.31. The molecule has 0 bridgehead atoms. The van der Waals surface area contributed by atoms with Crippen molar-refractivity contribution in [2.45, 2.75) is 25.5 Å². The summed E-state index contributed by atoms with van der Waals surface area (Å²) in [7, 11) is -3.50. The van der Waals surface area contributed by atoms with Gasteiger partial charge >= 0.3 is 0 Å². The highest BCUT2D eigenvalue weighted by Crippen LogP contribution is 2.20. The van der Waals surface area contributed by atoms with Crippen LogP contribution in [0.1, 0.15) is 31.1 Å². The van der Waals surface area contributed by atoms with Crippen LogP contribution < -0.4 is 10.0 Å². The Kier molecular flexibility index (Phi) is 5.20. The van der Waals surface area contributed by atoms with Crippen LogP contribution in [0.5, 0.6) is 0 Å². The van der Waals surface area contributed by atoms with Gasteiger partial charge in [0.15, 0.2) is 0 Å². The van der Waals surface area contributed by atoms with E-state index in [0.29, 0.717) is 22.0 Å². The Labute approximate surface area is 147 Å². The minimum absolute atomic E-state index is 0.289. The molecule has 0 aliphatic carbocycles. The summed E-state index contributed by atoms with van der Waals surface area (Å²) in [6.07, 6.45) is 0. The van der Waals surface area contributed by atoms with Crippen LogP contribution in [-0.4, -0.2) is 19.1 Å². The Morgan fingerprint density at radius 1 is 0.917 bits per heavy atom. The number of carbonyl (C=O) groups is 1. The molecule has 1 amide bonds. The number of carbonyl (C=O) groups excluding carboxylic acids is 1. The van der Waals surface area contributed by atoms with Crippen LogP contribution in [0.4, 0.5) is 11.4 Å².